The molecule has 0 fully saturated rings. The molecule has 0 bridgehead atoms. The number of rotatable bonds is 5. The number of aryl methyl sites for hydroxylation is 2. The van der Waals surface area contributed by atoms with Gasteiger partial charge in [-0.1, -0.05) is 31.2 Å². The second-order valence-corrected chi connectivity index (χ2v) is 5.78. The van der Waals surface area contributed by atoms with E-state index >= 15 is 0 Å². The lowest BCUT2D eigenvalue weighted by Gasteiger charge is -2.15. The Morgan fingerprint density at radius 3 is 2.48 bits per heavy atom. The van der Waals surface area contributed by atoms with Crippen LogP contribution in [0.3, 0.4) is 0 Å². The van der Waals surface area contributed by atoms with Crippen molar-refractivity contribution in [1.29, 1.82) is 0 Å². The average molecular weight is 283 g/mol. The molecule has 0 aliphatic heterocycles. The van der Waals surface area contributed by atoms with Crippen LogP contribution >= 0.6 is 0 Å². The van der Waals surface area contributed by atoms with Gasteiger partial charge in [0.25, 0.3) is 0 Å². The van der Waals surface area contributed by atoms with Gasteiger partial charge in [0.2, 0.25) is 0 Å². The summed E-state index contributed by atoms with van der Waals surface area (Å²) in [6.45, 7) is 8.41. The van der Waals surface area contributed by atoms with Crippen LogP contribution in [-0.2, 0) is 6.42 Å². The number of hydrogen-bond donors (Lipinski definition) is 1. The molecule has 0 saturated heterocycles. The summed E-state index contributed by atoms with van der Waals surface area (Å²) in [5.74, 6) is 1.85. The molecule has 0 aliphatic carbocycles. The Morgan fingerprint density at radius 2 is 1.76 bits per heavy atom. The molecular weight excluding hydrogens is 258 g/mol. The van der Waals surface area contributed by atoms with E-state index in [1.54, 1.807) is 0 Å². The molecule has 112 valence electrons. The predicted molar refractivity (Wildman–Crippen MR) is 89.1 cm³/mol. The fourth-order valence-corrected chi connectivity index (χ4v) is 2.38. The molecule has 2 aromatic rings. The van der Waals surface area contributed by atoms with E-state index in [9.17, 15) is 0 Å². The molecule has 21 heavy (non-hydrogen) atoms. The summed E-state index contributed by atoms with van der Waals surface area (Å²) in [5.41, 5.74) is 10.9. The maximum absolute atomic E-state index is 6.14. The van der Waals surface area contributed by atoms with Crippen molar-refractivity contribution in [3.63, 3.8) is 0 Å². The lowest BCUT2D eigenvalue weighted by atomic mass is 10.0. The highest BCUT2D eigenvalue weighted by molar-refractivity contribution is 5.47. The molecule has 2 heteroatoms. The Hall–Kier alpha value is -1.80. The zero-order valence-electron chi connectivity index (χ0n) is 13.4. The van der Waals surface area contributed by atoms with E-state index in [0.717, 1.165) is 29.9 Å². The summed E-state index contributed by atoms with van der Waals surface area (Å²) in [7, 11) is 0. The topological polar surface area (TPSA) is 35.2 Å². The minimum Gasteiger partial charge on any atom is -0.457 e. The molecular formula is C19H25NO. The van der Waals surface area contributed by atoms with Gasteiger partial charge in [-0.05, 0) is 68.0 Å². The van der Waals surface area contributed by atoms with Crippen molar-refractivity contribution in [2.75, 3.05) is 0 Å². The van der Waals surface area contributed by atoms with Crippen molar-refractivity contribution in [1.82, 2.24) is 0 Å². The molecule has 1 unspecified atom stereocenters. The van der Waals surface area contributed by atoms with Crippen molar-refractivity contribution in [2.24, 2.45) is 5.73 Å². The lowest BCUT2D eigenvalue weighted by Crippen LogP contribution is -2.21. The largest absolute Gasteiger partial charge is 0.457 e. The van der Waals surface area contributed by atoms with Gasteiger partial charge in [0.15, 0.2) is 0 Å². The number of ether oxygens (including phenoxy) is 1. The van der Waals surface area contributed by atoms with E-state index in [1.807, 2.05) is 12.1 Å². The number of nitrogens with two attached hydrogens (primary N) is 1. The van der Waals surface area contributed by atoms with Gasteiger partial charge >= 0.3 is 0 Å². The third kappa shape index (κ3) is 3.85. The van der Waals surface area contributed by atoms with Crippen LogP contribution in [0.4, 0.5) is 0 Å². The maximum atomic E-state index is 6.14. The van der Waals surface area contributed by atoms with Crippen LogP contribution in [0.5, 0.6) is 11.5 Å². The molecule has 0 aromatic heterocycles. The fourth-order valence-electron chi connectivity index (χ4n) is 2.38. The van der Waals surface area contributed by atoms with Crippen LogP contribution in [0.15, 0.2) is 36.4 Å². The standard InChI is InChI=1S/C19H25NO/c1-5-17(20)11-16-7-6-8-18(12-16)21-19-14(3)10-9-13(2)15(19)4/h6-10,12,17H,5,11,20H2,1-4H3. The third-order valence-corrected chi connectivity index (χ3v) is 4.01. The van der Waals surface area contributed by atoms with E-state index in [-0.39, 0.29) is 6.04 Å². The quantitative estimate of drug-likeness (QED) is 0.864. The first-order chi connectivity index (χ1) is 10.0. The van der Waals surface area contributed by atoms with Crippen molar-refractivity contribution in [3.8, 4) is 11.5 Å². The van der Waals surface area contributed by atoms with Crippen molar-refractivity contribution in [3.05, 3.63) is 58.7 Å². The molecule has 0 radical (unpaired) electrons. The Labute approximate surface area is 127 Å². The molecule has 0 spiro atoms. The summed E-state index contributed by atoms with van der Waals surface area (Å²) < 4.78 is 6.14. The average Bonchev–Trinajstić information content (AvgIpc) is 2.48. The van der Waals surface area contributed by atoms with Gasteiger partial charge in [0.05, 0.1) is 0 Å². The van der Waals surface area contributed by atoms with Gasteiger partial charge < -0.3 is 10.5 Å². The van der Waals surface area contributed by atoms with Gasteiger partial charge in [-0.3, -0.25) is 0 Å². The van der Waals surface area contributed by atoms with Crippen LogP contribution in [0.25, 0.3) is 0 Å². The zero-order chi connectivity index (χ0) is 15.4. The highest BCUT2D eigenvalue weighted by Gasteiger charge is 2.09. The van der Waals surface area contributed by atoms with E-state index in [0.29, 0.717) is 0 Å². The van der Waals surface area contributed by atoms with Crippen LogP contribution in [0, 0.1) is 20.8 Å². The van der Waals surface area contributed by atoms with Gasteiger partial charge in [-0.15, -0.1) is 0 Å². The Balaban J connectivity index is 2.24. The van der Waals surface area contributed by atoms with Crippen molar-refractivity contribution in [2.45, 2.75) is 46.6 Å². The predicted octanol–water partition coefficient (Wildman–Crippen LogP) is 4.68. The lowest BCUT2D eigenvalue weighted by molar-refractivity contribution is 0.473. The summed E-state index contributed by atoms with van der Waals surface area (Å²) in [4.78, 5) is 0. The third-order valence-electron chi connectivity index (χ3n) is 4.01. The molecule has 0 heterocycles. The summed E-state index contributed by atoms with van der Waals surface area (Å²) in [6, 6.07) is 12.7. The van der Waals surface area contributed by atoms with E-state index < -0.39 is 0 Å². The summed E-state index contributed by atoms with van der Waals surface area (Å²) >= 11 is 0. The highest BCUT2D eigenvalue weighted by Crippen LogP contribution is 2.31. The molecule has 2 N–H and O–H groups in total. The Morgan fingerprint density at radius 1 is 1.05 bits per heavy atom. The van der Waals surface area contributed by atoms with Gasteiger partial charge in [-0.2, -0.15) is 0 Å². The van der Waals surface area contributed by atoms with Gasteiger partial charge in [-0.25, -0.2) is 0 Å². The smallest absolute Gasteiger partial charge is 0.133 e. The first kappa shape index (κ1) is 15.6. The molecule has 2 rings (SSSR count). The summed E-state index contributed by atoms with van der Waals surface area (Å²) in [5, 5.41) is 0. The summed E-state index contributed by atoms with van der Waals surface area (Å²) in [6.07, 6.45) is 1.88. The number of hydrogen-bond acceptors (Lipinski definition) is 2. The molecule has 0 saturated carbocycles. The Kier molecular flexibility index (Phi) is 5.03. The van der Waals surface area contributed by atoms with Crippen LogP contribution in [0.2, 0.25) is 0 Å². The first-order valence-electron chi connectivity index (χ1n) is 7.60. The van der Waals surface area contributed by atoms with Gasteiger partial charge in [0.1, 0.15) is 11.5 Å². The number of benzene rings is 2. The normalized spacial score (nSPS) is 12.2. The molecule has 0 aliphatic rings. The molecule has 2 aromatic carbocycles. The zero-order valence-corrected chi connectivity index (χ0v) is 13.4. The first-order valence-corrected chi connectivity index (χ1v) is 7.60. The monoisotopic (exact) mass is 283 g/mol. The molecule has 1 atom stereocenters. The minimum absolute atomic E-state index is 0.211. The van der Waals surface area contributed by atoms with Crippen LogP contribution < -0.4 is 10.5 Å². The van der Waals surface area contributed by atoms with Crippen LogP contribution in [0.1, 0.15) is 35.6 Å². The van der Waals surface area contributed by atoms with Crippen molar-refractivity contribution < 1.29 is 4.74 Å². The van der Waals surface area contributed by atoms with E-state index in [2.05, 4.69) is 52.0 Å². The van der Waals surface area contributed by atoms with E-state index in [1.165, 1.54) is 16.7 Å². The maximum Gasteiger partial charge on any atom is 0.133 e. The Bertz CT molecular complexity index is 619. The van der Waals surface area contributed by atoms with E-state index in [4.69, 9.17) is 10.5 Å². The minimum atomic E-state index is 0.211. The fraction of sp³-hybridized carbons (Fsp3) is 0.368. The van der Waals surface area contributed by atoms with Crippen LogP contribution in [-0.4, -0.2) is 6.04 Å². The molecule has 2 nitrogen and oxygen atoms in total. The second kappa shape index (κ2) is 6.77. The second-order valence-electron chi connectivity index (χ2n) is 5.78. The van der Waals surface area contributed by atoms with Crippen molar-refractivity contribution >= 4 is 0 Å². The van der Waals surface area contributed by atoms with Gasteiger partial charge in [0, 0.05) is 6.04 Å². The molecule has 0 amide bonds. The highest BCUT2D eigenvalue weighted by atomic mass is 16.5. The SMILES string of the molecule is CCC(N)Cc1cccc(Oc2c(C)ccc(C)c2C)c1.